The van der Waals surface area contributed by atoms with Gasteiger partial charge in [-0.25, -0.2) is 0 Å². The van der Waals surface area contributed by atoms with E-state index in [0.717, 1.165) is 0 Å². The van der Waals surface area contributed by atoms with Crippen molar-refractivity contribution in [3.05, 3.63) is 0 Å². The van der Waals surface area contributed by atoms with E-state index in [-0.39, 0.29) is 0 Å². The molecule has 81 valence electrons. The van der Waals surface area contributed by atoms with Crippen LogP contribution in [0.1, 0.15) is 0 Å². The number of hydrogen-bond acceptors (Lipinski definition) is 9. The molecule has 13 heavy (non-hydrogen) atoms. The molecule has 0 aromatic carbocycles. The summed E-state index contributed by atoms with van der Waals surface area (Å²) < 4.78 is 74.1. The van der Waals surface area contributed by atoms with Gasteiger partial charge in [-0.05, 0) is 0 Å². The summed E-state index contributed by atoms with van der Waals surface area (Å²) in [4.78, 5) is 0. The van der Waals surface area contributed by atoms with Crippen LogP contribution in [0.4, 0.5) is 0 Å². The molecule has 0 aliphatic heterocycles. The molecule has 0 radical (unpaired) electrons. The summed E-state index contributed by atoms with van der Waals surface area (Å²) in [5, 5.41) is 0. The molecule has 13 heteroatoms. The van der Waals surface area contributed by atoms with Gasteiger partial charge in [0.1, 0.15) is 0 Å². The van der Waals surface area contributed by atoms with E-state index in [2.05, 4.69) is 18.7 Å². The second-order valence-corrected chi connectivity index (χ2v) is 5.37. The van der Waals surface area contributed by atoms with E-state index in [1.54, 1.807) is 0 Å². The monoisotopic (exact) mass is 409 g/mol. The van der Waals surface area contributed by atoms with Gasteiger partial charge in [-0.2, -0.15) is 0 Å². The van der Waals surface area contributed by atoms with E-state index < -0.39 is 43.7 Å². The third kappa shape index (κ3) is 67.7. The second-order valence-electron chi connectivity index (χ2n) is 0.733. The van der Waals surface area contributed by atoms with Crippen LogP contribution >= 0.6 is 0 Å². The summed E-state index contributed by atoms with van der Waals surface area (Å²) in [6, 6.07) is 0. The molecule has 0 fully saturated rings. The predicted molar refractivity (Wildman–Crippen MR) is 18.1 cm³/mol. The van der Waals surface area contributed by atoms with Crippen LogP contribution in [-0.2, 0) is 62.8 Å². The van der Waals surface area contributed by atoms with Gasteiger partial charge in [0, 0.05) is 0 Å². The molecule has 0 aromatic rings. The van der Waals surface area contributed by atoms with Crippen LogP contribution in [0.5, 0.6) is 0 Å². The average Bonchev–Trinajstić information content (AvgIpc) is 1.87. The van der Waals surface area contributed by atoms with Crippen LogP contribution in [0, 0.1) is 0 Å². The Morgan fingerprint density at radius 3 is 1.00 bits per heavy atom. The van der Waals surface area contributed by atoms with Crippen LogP contribution in [-0.4, -0.2) is 29.7 Å². The molecule has 0 rings (SSSR count). The van der Waals surface area contributed by atoms with Crippen LogP contribution in [0.25, 0.3) is 0 Å². The molecule has 9 nitrogen and oxygen atoms in total. The van der Waals surface area contributed by atoms with Gasteiger partial charge >= 0.3 is 92.6 Å². The first-order valence-electron chi connectivity index (χ1n) is 1.72. The molecule has 0 N–H and O–H groups in total. The molecule has 0 aliphatic rings. The number of rotatable bonds is 2. The van der Waals surface area contributed by atoms with Gasteiger partial charge in [0.25, 0.3) is 0 Å². The third-order valence-electron chi connectivity index (χ3n) is 0.133. The third-order valence-corrected chi connectivity index (χ3v) is 3.60. The fraction of sp³-hybridized carbons (Fsp3) is 0. The molecule has 0 spiro atoms. The Morgan fingerprint density at radius 2 is 1.00 bits per heavy atom. The first-order chi connectivity index (χ1) is 5.86. The van der Waals surface area contributed by atoms with Crippen molar-refractivity contribution >= 4 is 29.7 Å². The summed E-state index contributed by atoms with van der Waals surface area (Å²) in [6.07, 6.45) is 0. The molecule has 0 heterocycles. The minimum atomic E-state index is -3.84. The Morgan fingerprint density at radius 1 is 0.846 bits per heavy atom. The Hall–Kier alpha value is 0.529. The Balaban J connectivity index is -0.000000142. The molecule has 0 unspecified atom stereocenters. The van der Waals surface area contributed by atoms with Gasteiger partial charge in [0.2, 0.25) is 0 Å². The van der Waals surface area contributed by atoms with E-state index in [0.29, 0.717) is 0 Å². The van der Waals surface area contributed by atoms with Gasteiger partial charge in [-0.1, -0.05) is 0 Å². The molecular weight excluding hydrogens is 409 g/mol. The zero-order chi connectivity index (χ0) is 11.4. The Bertz CT molecular complexity index is 299. The number of hydrogen-bond donors (Lipinski definition) is 0. The molecule has 0 atom stereocenters. The molecular formula is As2CrCuO9. The second kappa shape index (κ2) is 15.0. The predicted octanol–water partition coefficient (Wildman–Crippen LogP) is -1.79. The van der Waals surface area contributed by atoms with Gasteiger partial charge in [0.05, 0.1) is 0 Å². The van der Waals surface area contributed by atoms with E-state index in [1.807, 2.05) is 0 Å². The summed E-state index contributed by atoms with van der Waals surface area (Å²) in [5.41, 5.74) is 0. The van der Waals surface area contributed by atoms with E-state index >= 15 is 0 Å². The van der Waals surface area contributed by atoms with Crippen molar-refractivity contribution < 1.29 is 62.8 Å². The van der Waals surface area contributed by atoms with Gasteiger partial charge in [-0.3, -0.25) is 0 Å². The summed E-state index contributed by atoms with van der Waals surface area (Å²) in [5.74, 6) is 0. The molecule has 0 saturated heterocycles. The van der Waals surface area contributed by atoms with Gasteiger partial charge < -0.3 is 0 Å². The van der Waals surface area contributed by atoms with Gasteiger partial charge in [-0.15, -0.1) is 0 Å². The molecule has 0 aliphatic carbocycles. The maximum atomic E-state index is 9.34. The van der Waals surface area contributed by atoms with E-state index in [9.17, 15) is 15.0 Å². The normalized spacial score (nSPS) is 6.62. The maximum absolute atomic E-state index is 9.34. The summed E-state index contributed by atoms with van der Waals surface area (Å²) in [7, 11) is 0. The molecule has 0 amide bonds. The van der Waals surface area contributed by atoms with Crippen molar-refractivity contribution in [2.24, 2.45) is 0 Å². The van der Waals surface area contributed by atoms with Crippen molar-refractivity contribution in [1.82, 2.24) is 0 Å². The fourth-order valence-electron chi connectivity index (χ4n) is 0.0544. The van der Waals surface area contributed by atoms with Crippen LogP contribution in [0.2, 0.25) is 0 Å². The van der Waals surface area contributed by atoms with Crippen molar-refractivity contribution in [3.63, 3.8) is 0 Å². The molecule has 0 aromatic heterocycles. The minimum absolute atomic E-state index is 2.94. The quantitative estimate of drug-likeness (QED) is 0.483. The van der Waals surface area contributed by atoms with Crippen LogP contribution in [0.15, 0.2) is 0 Å². The average molecular weight is 409 g/mol. The molecule has 0 bridgehead atoms. The van der Waals surface area contributed by atoms with Crippen LogP contribution < -0.4 is 0 Å². The summed E-state index contributed by atoms with van der Waals surface area (Å²) in [6.45, 7) is 0. The SMILES string of the molecule is O=[As](=O)O[As](=O)=O.[O]=[Cr](=[O])=[O].[O]=[Cu]. The van der Waals surface area contributed by atoms with Crippen molar-refractivity contribution in [2.45, 2.75) is 0 Å². The van der Waals surface area contributed by atoms with Gasteiger partial charge in [0.15, 0.2) is 0 Å². The Kier molecular flexibility index (Phi) is 22.1. The first-order valence-corrected chi connectivity index (χ1v) is 8.26. The standard InChI is InChI=1S/As2O5.Cr.Cu.4O/c3-1(4)7-2(5)6;;;;;;. The van der Waals surface area contributed by atoms with Crippen molar-refractivity contribution in [1.29, 1.82) is 0 Å². The van der Waals surface area contributed by atoms with E-state index in [4.69, 9.17) is 15.2 Å². The first kappa shape index (κ1) is 19.2. The zero-order valence-corrected chi connectivity index (χ0v) is 11.2. The zero-order valence-electron chi connectivity index (χ0n) is 5.28. The van der Waals surface area contributed by atoms with Crippen LogP contribution in [0.3, 0.4) is 0 Å². The van der Waals surface area contributed by atoms with Crippen molar-refractivity contribution in [3.8, 4) is 0 Å². The van der Waals surface area contributed by atoms with Crippen molar-refractivity contribution in [2.75, 3.05) is 0 Å². The molecule has 0 saturated carbocycles. The topological polar surface area (TPSA) is 146 Å². The van der Waals surface area contributed by atoms with E-state index in [1.165, 1.54) is 0 Å². The fourth-order valence-corrected chi connectivity index (χ4v) is 1.47. The Labute approximate surface area is 92.0 Å². The summed E-state index contributed by atoms with van der Waals surface area (Å²) >= 11 is -8.54.